The molecule has 4 rings (SSSR count). The van der Waals surface area contributed by atoms with Crippen molar-refractivity contribution < 1.29 is 9.53 Å². The summed E-state index contributed by atoms with van der Waals surface area (Å²) in [5.41, 5.74) is 2.58. The van der Waals surface area contributed by atoms with Crippen molar-refractivity contribution in [2.75, 3.05) is 5.32 Å². The highest BCUT2D eigenvalue weighted by atomic mass is 32.2. The third kappa shape index (κ3) is 5.74. The minimum atomic E-state index is -0.270. The fraction of sp³-hybridized carbons (Fsp3) is 0.115. The van der Waals surface area contributed by atoms with E-state index in [-0.39, 0.29) is 11.2 Å². The smallest absolute Gasteiger partial charge is 0.237 e. The molecule has 0 aliphatic carbocycles. The Morgan fingerprint density at radius 2 is 1.56 bits per heavy atom. The van der Waals surface area contributed by atoms with Crippen molar-refractivity contribution >= 4 is 23.4 Å². The van der Waals surface area contributed by atoms with E-state index in [0.717, 1.165) is 27.7 Å². The van der Waals surface area contributed by atoms with E-state index in [4.69, 9.17) is 4.74 Å². The molecule has 3 aromatic carbocycles. The Kier molecular flexibility index (Phi) is 7.15. The highest BCUT2D eigenvalue weighted by molar-refractivity contribution is 8.00. The lowest BCUT2D eigenvalue weighted by molar-refractivity contribution is -0.115. The number of rotatable bonds is 8. The molecule has 0 saturated heterocycles. The van der Waals surface area contributed by atoms with Crippen LogP contribution in [0.1, 0.15) is 13.3 Å². The van der Waals surface area contributed by atoms with Crippen LogP contribution >= 0.6 is 11.8 Å². The van der Waals surface area contributed by atoms with Gasteiger partial charge >= 0.3 is 0 Å². The Morgan fingerprint density at radius 3 is 2.25 bits per heavy atom. The molecular formula is C26H23N3O2S. The van der Waals surface area contributed by atoms with Crippen molar-refractivity contribution in [3.63, 3.8) is 0 Å². The summed E-state index contributed by atoms with van der Waals surface area (Å²) in [5.74, 6) is 1.42. The van der Waals surface area contributed by atoms with Gasteiger partial charge in [0.05, 0.1) is 10.9 Å². The number of thioether (sulfide) groups is 1. The second-order valence-electron chi connectivity index (χ2n) is 7.05. The van der Waals surface area contributed by atoms with E-state index in [1.54, 1.807) is 6.33 Å². The average Bonchev–Trinajstić information content (AvgIpc) is 2.85. The molecule has 160 valence electrons. The van der Waals surface area contributed by atoms with Crippen molar-refractivity contribution in [1.82, 2.24) is 9.97 Å². The van der Waals surface area contributed by atoms with Crippen molar-refractivity contribution in [1.29, 1.82) is 0 Å². The van der Waals surface area contributed by atoms with Crippen molar-refractivity contribution in [2.24, 2.45) is 0 Å². The predicted molar refractivity (Wildman–Crippen MR) is 129 cm³/mol. The van der Waals surface area contributed by atoms with Gasteiger partial charge in [-0.05, 0) is 48.9 Å². The van der Waals surface area contributed by atoms with Crippen LogP contribution in [0, 0.1) is 0 Å². The largest absolute Gasteiger partial charge is 0.457 e. The standard InChI is InChI=1S/C26H23N3O2S/c1-2-24(32-25-17-23(27-18-28-25)19-9-5-3-6-10-19)26(30)29-20-13-15-22(16-14-20)31-21-11-7-4-8-12-21/h3-18,24H,2H2,1H3,(H,29,30). The van der Waals surface area contributed by atoms with E-state index in [0.29, 0.717) is 12.2 Å². The monoisotopic (exact) mass is 441 g/mol. The van der Waals surface area contributed by atoms with Gasteiger partial charge in [-0.1, -0.05) is 67.2 Å². The van der Waals surface area contributed by atoms with Gasteiger partial charge in [0.25, 0.3) is 0 Å². The van der Waals surface area contributed by atoms with Gasteiger partial charge in [-0.15, -0.1) is 0 Å². The molecule has 0 fully saturated rings. The molecule has 4 aromatic rings. The number of benzene rings is 3. The number of anilines is 1. The molecule has 1 N–H and O–H groups in total. The molecule has 0 aliphatic heterocycles. The number of hydrogen-bond acceptors (Lipinski definition) is 5. The van der Waals surface area contributed by atoms with E-state index in [1.165, 1.54) is 11.8 Å². The van der Waals surface area contributed by atoms with Gasteiger partial charge in [0.2, 0.25) is 5.91 Å². The minimum absolute atomic E-state index is 0.0610. The van der Waals surface area contributed by atoms with Crippen molar-refractivity contribution in [2.45, 2.75) is 23.6 Å². The summed E-state index contributed by atoms with van der Waals surface area (Å²) in [5, 5.41) is 3.49. The van der Waals surface area contributed by atoms with Crippen LogP contribution in [-0.4, -0.2) is 21.1 Å². The van der Waals surface area contributed by atoms with E-state index < -0.39 is 0 Å². The number of para-hydroxylation sites is 1. The van der Waals surface area contributed by atoms with Gasteiger partial charge in [-0.3, -0.25) is 4.79 Å². The van der Waals surface area contributed by atoms with Crippen molar-refractivity contribution in [3.05, 3.63) is 97.3 Å². The molecule has 5 nitrogen and oxygen atoms in total. The number of ether oxygens (including phenoxy) is 1. The van der Waals surface area contributed by atoms with Crippen LogP contribution < -0.4 is 10.1 Å². The maximum Gasteiger partial charge on any atom is 0.237 e. The Hall–Kier alpha value is -3.64. The molecule has 0 radical (unpaired) electrons. The van der Waals surface area contributed by atoms with Crippen LogP contribution in [0.2, 0.25) is 0 Å². The van der Waals surface area contributed by atoms with Crippen LogP contribution in [0.25, 0.3) is 11.3 Å². The summed E-state index contributed by atoms with van der Waals surface area (Å²) in [6.45, 7) is 1.99. The molecule has 0 aliphatic rings. The Balaban J connectivity index is 1.39. The highest BCUT2D eigenvalue weighted by Crippen LogP contribution is 2.28. The van der Waals surface area contributed by atoms with Gasteiger partial charge in [0.15, 0.2) is 0 Å². The molecule has 1 amide bonds. The third-order valence-corrected chi connectivity index (χ3v) is 6.04. The molecule has 0 spiro atoms. The number of aromatic nitrogens is 2. The fourth-order valence-corrected chi connectivity index (χ4v) is 4.00. The summed E-state index contributed by atoms with van der Waals surface area (Å²) >= 11 is 1.44. The van der Waals surface area contributed by atoms with Crippen LogP contribution in [0.3, 0.4) is 0 Å². The first-order valence-electron chi connectivity index (χ1n) is 10.4. The second kappa shape index (κ2) is 10.6. The molecule has 1 aromatic heterocycles. The lowest BCUT2D eigenvalue weighted by Gasteiger charge is -2.15. The molecule has 32 heavy (non-hydrogen) atoms. The van der Waals surface area contributed by atoms with Crippen LogP contribution in [0.15, 0.2) is 102 Å². The maximum atomic E-state index is 12.9. The molecule has 0 saturated carbocycles. The predicted octanol–water partition coefficient (Wildman–Crippen LogP) is 6.45. The number of carbonyl (C=O) groups is 1. The minimum Gasteiger partial charge on any atom is -0.457 e. The van der Waals surface area contributed by atoms with Crippen LogP contribution in [0.5, 0.6) is 11.5 Å². The van der Waals surface area contributed by atoms with Crippen LogP contribution in [0.4, 0.5) is 5.69 Å². The number of amides is 1. The van der Waals surface area contributed by atoms with E-state index >= 15 is 0 Å². The SMILES string of the molecule is CCC(Sc1cc(-c2ccccc2)ncn1)C(=O)Nc1ccc(Oc2ccccc2)cc1. The molecule has 0 bridgehead atoms. The Bertz CT molecular complexity index is 1150. The first-order chi connectivity index (χ1) is 15.7. The Morgan fingerprint density at radius 1 is 0.906 bits per heavy atom. The van der Waals surface area contributed by atoms with Gasteiger partial charge in [0.1, 0.15) is 22.9 Å². The summed E-state index contributed by atoms with van der Waals surface area (Å²) in [4.78, 5) is 21.6. The normalized spacial score (nSPS) is 11.5. The van der Waals surface area contributed by atoms with Gasteiger partial charge < -0.3 is 10.1 Å². The Labute approximate surface area is 191 Å². The number of carbonyl (C=O) groups excluding carboxylic acids is 1. The zero-order valence-electron chi connectivity index (χ0n) is 17.6. The molecular weight excluding hydrogens is 418 g/mol. The average molecular weight is 442 g/mol. The number of nitrogens with one attached hydrogen (secondary N) is 1. The van der Waals surface area contributed by atoms with E-state index in [2.05, 4.69) is 15.3 Å². The fourth-order valence-electron chi connectivity index (χ4n) is 3.09. The second-order valence-corrected chi connectivity index (χ2v) is 8.27. The zero-order valence-corrected chi connectivity index (χ0v) is 18.5. The van der Waals surface area contributed by atoms with Crippen LogP contribution in [-0.2, 0) is 4.79 Å². The summed E-state index contributed by atoms with van der Waals surface area (Å²) < 4.78 is 5.80. The molecule has 1 heterocycles. The number of nitrogens with zero attached hydrogens (tertiary/aromatic N) is 2. The van der Waals surface area contributed by atoms with Crippen molar-refractivity contribution in [3.8, 4) is 22.8 Å². The maximum absolute atomic E-state index is 12.9. The molecule has 1 atom stereocenters. The van der Waals surface area contributed by atoms with E-state index in [1.807, 2.05) is 97.9 Å². The lowest BCUT2D eigenvalue weighted by atomic mass is 10.1. The zero-order chi connectivity index (χ0) is 22.2. The van der Waals surface area contributed by atoms with Gasteiger partial charge in [-0.25, -0.2) is 9.97 Å². The van der Waals surface area contributed by atoms with Gasteiger partial charge in [-0.2, -0.15) is 0 Å². The summed E-state index contributed by atoms with van der Waals surface area (Å²) in [7, 11) is 0. The topological polar surface area (TPSA) is 64.1 Å². The third-order valence-electron chi connectivity index (χ3n) is 4.74. The lowest BCUT2D eigenvalue weighted by Crippen LogP contribution is -2.24. The summed E-state index contributed by atoms with van der Waals surface area (Å²) in [6.07, 6.45) is 2.22. The van der Waals surface area contributed by atoms with E-state index in [9.17, 15) is 4.79 Å². The van der Waals surface area contributed by atoms with Gasteiger partial charge in [0, 0.05) is 11.3 Å². The molecule has 6 heteroatoms. The quantitative estimate of drug-likeness (QED) is 0.252. The number of hydrogen-bond donors (Lipinski definition) is 1. The highest BCUT2D eigenvalue weighted by Gasteiger charge is 2.19. The first kappa shape index (κ1) is 21.6. The summed E-state index contributed by atoms with van der Waals surface area (Å²) in [6, 6.07) is 28.8. The molecule has 1 unspecified atom stereocenters. The first-order valence-corrected chi connectivity index (χ1v) is 11.3.